The first-order valence-corrected chi connectivity index (χ1v) is 8.28. The zero-order valence-corrected chi connectivity index (χ0v) is 15.0. The predicted molar refractivity (Wildman–Crippen MR) is 100 cm³/mol. The molecule has 0 atom stereocenters. The second-order valence-electron chi connectivity index (χ2n) is 5.66. The van der Waals surface area contributed by atoms with E-state index < -0.39 is 10.8 Å². The monoisotopic (exact) mass is 386 g/mol. The van der Waals surface area contributed by atoms with Crippen LogP contribution in [0.3, 0.4) is 0 Å². The van der Waals surface area contributed by atoms with Crippen molar-refractivity contribution in [2.45, 2.75) is 13.7 Å². The van der Waals surface area contributed by atoms with Gasteiger partial charge in [-0.1, -0.05) is 23.7 Å². The van der Waals surface area contributed by atoms with Crippen molar-refractivity contribution in [3.63, 3.8) is 0 Å². The quantitative estimate of drug-likeness (QED) is 0.509. The summed E-state index contributed by atoms with van der Waals surface area (Å²) in [6.07, 6.45) is 3.06. The molecule has 0 saturated carbocycles. The highest BCUT2D eigenvalue weighted by Crippen LogP contribution is 2.22. The molecule has 0 aliphatic heterocycles. The number of benzene rings is 2. The van der Waals surface area contributed by atoms with E-state index in [0.29, 0.717) is 22.0 Å². The summed E-state index contributed by atoms with van der Waals surface area (Å²) < 4.78 is 7.06. The summed E-state index contributed by atoms with van der Waals surface area (Å²) in [5.41, 5.74) is 0.873. The minimum atomic E-state index is -0.517. The van der Waals surface area contributed by atoms with E-state index in [1.165, 1.54) is 36.0 Å². The van der Waals surface area contributed by atoms with Gasteiger partial charge in [-0.2, -0.15) is 5.10 Å². The van der Waals surface area contributed by atoms with Gasteiger partial charge in [0.25, 0.3) is 11.6 Å². The van der Waals surface area contributed by atoms with Gasteiger partial charge in [0.1, 0.15) is 5.75 Å². The van der Waals surface area contributed by atoms with Gasteiger partial charge in [0, 0.05) is 22.2 Å². The van der Waals surface area contributed by atoms with E-state index in [1.807, 2.05) is 0 Å². The minimum absolute atomic E-state index is 0.103. The summed E-state index contributed by atoms with van der Waals surface area (Å²) >= 11 is 5.90. The smallest absolute Gasteiger partial charge is 0.273 e. The van der Waals surface area contributed by atoms with Crippen molar-refractivity contribution in [2.75, 3.05) is 5.32 Å². The number of hydrogen-bond acceptors (Lipinski definition) is 5. The van der Waals surface area contributed by atoms with Crippen molar-refractivity contribution < 1.29 is 14.5 Å². The Morgan fingerprint density at radius 3 is 2.85 bits per heavy atom. The molecule has 0 bridgehead atoms. The van der Waals surface area contributed by atoms with Gasteiger partial charge in [0.2, 0.25) is 0 Å². The Morgan fingerprint density at radius 1 is 1.33 bits per heavy atom. The molecule has 3 aromatic rings. The van der Waals surface area contributed by atoms with Crippen LogP contribution >= 0.6 is 11.6 Å². The number of hydrogen-bond donors (Lipinski definition) is 1. The molecule has 0 unspecified atom stereocenters. The summed E-state index contributed by atoms with van der Waals surface area (Å²) in [5.74, 6) is 0.141. The number of carbonyl (C=O) groups is 1. The number of amides is 1. The van der Waals surface area contributed by atoms with Crippen molar-refractivity contribution in [3.05, 3.63) is 81.1 Å². The zero-order valence-electron chi connectivity index (χ0n) is 14.3. The lowest BCUT2D eigenvalue weighted by Gasteiger charge is -2.07. The molecule has 0 fully saturated rings. The van der Waals surface area contributed by atoms with Gasteiger partial charge in [-0.3, -0.25) is 14.9 Å². The lowest BCUT2D eigenvalue weighted by Crippen LogP contribution is -2.13. The second kappa shape index (κ2) is 7.88. The Bertz CT molecular complexity index is 1000. The fourth-order valence-corrected chi connectivity index (χ4v) is 2.64. The van der Waals surface area contributed by atoms with Gasteiger partial charge in [-0.25, -0.2) is 4.68 Å². The van der Waals surface area contributed by atoms with Crippen molar-refractivity contribution in [2.24, 2.45) is 0 Å². The summed E-state index contributed by atoms with van der Waals surface area (Å²) in [6.45, 7) is 1.67. The van der Waals surface area contributed by atoms with Crippen LogP contribution in [-0.2, 0) is 6.73 Å². The van der Waals surface area contributed by atoms with Gasteiger partial charge in [-0.05, 0) is 31.2 Å². The lowest BCUT2D eigenvalue weighted by atomic mass is 10.1. The highest BCUT2D eigenvalue weighted by atomic mass is 35.5. The summed E-state index contributed by atoms with van der Waals surface area (Å²) in [6, 6.07) is 11.3. The third kappa shape index (κ3) is 4.42. The maximum atomic E-state index is 12.4. The molecule has 9 heteroatoms. The van der Waals surface area contributed by atoms with Crippen LogP contribution in [0.2, 0.25) is 5.02 Å². The number of rotatable bonds is 6. The van der Waals surface area contributed by atoms with Gasteiger partial charge in [0.05, 0.1) is 23.0 Å². The van der Waals surface area contributed by atoms with Crippen LogP contribution in [0.15, 0.2) is 54.9 Å². The van der Waals surface area contributed by atoms with E-state index in [9.17, 15) is 14.9 Å². The van der Waals surface area contributed by atoms with Crippen LogP contribution in [0.4, 0.5) is 11.4 Å². The molecule has 1 amide bonds. The van der Waals surface area contributed by atoms with Crippen LogP contribution in [-0.4, -0.2) is 20.6 Å². The van der Waals surface area contributed by atoms with Crippen LogP contribution in [0.1, 0.15) is 15.9 Å². The number of aromatic nitrogens is 2. The maximum absolute atomic E-state index is 12.4. The van der Waals surface area contributed by atoms with Crippen LogP contribution in [0.25, 0.3) is 0 Å². The molecule has 27 heavy (non-hydrogen) atoms. The molecule has 0 saturated heterocycles. The zero-order chi connectivity index (χ0) is 19.4. The number of nitrogens with zero attached hydrogens (tertiary/aromatic N) is 3. The van der Waals surface area contributed by atoms with Gasteiger partial charge >= 0.3 is 0 Å². The highest BCUT2D eigenvalue weighted by molar-refractivity contribution is 6.30. The van der Waals surface area contributed by atoms with Crippen molar-refractivity contribution >= 4 is 28.9 Å². The molecule has 1 heterocycles. The number of nitro groups is 1. The van der Waals surface area contributed by atoms with Gasteiger partial charge in [-0.15, -0.1) is 0 Å². The van der Waals surface area contributed by atoms with Crippen LogP contribution < -0.4 is 10.1 Å². The molecule has 0 aliphatic carbocycles. The second-order valence-corrected chi connectivity index (χ2v) is 6.10. The van der Waals surface area contributed by atoms with Gasteiger partial charge < -0.3 is 10.1 Å². The Morgan fingerprint density at radius 2 is 2.11 bits per heavy atom. The summed E-state index contributed by atoms with van der Waals surface area (Å²) in [7, 11) is 0. The predicted octanol–water partition coefficient (Wildman–Crippen LogP) is 4.04. The normalized spacial score (nSPS) is 10.4. The van der Waals surface area contributed by atoms with E-state index in [-0.39, 0.29) is 18.0 Å². The molecule has 0 radical (unpaired) electrons. The van der Waals surface area contributed by atoms with E-state index in [1.54, 1.807) is 30.5 Å². The number of ether oxygens (including phenoxy) is 1. The Labute approximate surface area is 159 Å². The topological polar surface area (TPSA) is 99.3 Å². The number of nitro benzene ring substituents is 1. The van der Waals surface area contributed by atoms with Crippen LogP contribution in [0.5, 0.6) is 5.75 Å². The maximum Gasteiger partial charge on any atom is 0.273 e. The average Bonchev–Trinajstić information content (AvgIpc) is 3.07. The fourth-order valence-electron chi connectivity index (χ4n) is 2.46. The van der Waals surface area contributed by atoms with Gasteiger partial charge in [0.15, 0.2) is 6.73 Å². The lowest BCUT2D eigenvalue weighted by molar-refractivity contribution is -0.385. The third-order valence-corrected chi connectivity index (χ3v) is 4.03. The number of anilines is 1. The minimum Gasteiger partial charge on any atom is -0.471 e. The first-order valence-electron chi connectivity index (χ1n) is 7.90. The first-order chi connectivity index (χ1) is 12.9. The molecule has 1 N–H and O–H groups in total. The Hall–Kier alpha value is -3.39. The highest BCUT2D eigenvalue weighted by Gasteiger charge is 2.18. The first kappa shape index (κ1) is 18.4. The SMILES string of the molecule is Cc1c(C(=O)Nc2cnn(COc3cccc(Cl)c3)c2)cccc1[N+](=O)[O-]. The summed E-state index contributed by atoms with van der Waals surface area (Å²) in [5, 5.41) is 18.3. The number of carbonyl (C=O) groups excluding carboxylic acids is 1. The molecule has 3 rings (SSSR count). The fraction of sp³-hybridized carbons (Fsp3) is 0.111. The largest absolute Gasteiger partial charge is 0.471 e. The standard InChI is InChI=1S/C18H15ClN4O4/c1-12-16(6-3-7-17(12)23(25)26)18(24)21-14-9-20-22(10-14)11-27-15-5-2-4-13(19)8-15/h2-10H,11H2,1H3,(H,21,24). The summed E-state index contributed by atoms with van der Waals surface area (Å²) in [4.78, 5) is 22.9. The van der Waals surface area contributed by atoms with E-state index in [0.717, 1.165) is 0 Å². The molecule has 8 nitrogen and oxygen atoms in total. The Kier molecular flexibility index (Phi) is 5.37. The molecule has 0 spiro atoms. The molecule has 2 aromatic carbocycles. The van der Waals surface area contributed by atoms with Crippen LogP contribution in [0, 0.1) is 17.0 Å². The molecule has 138 valence electrons. The average molecular weight is 387 g/mol. The molecular formula is C18H15ClN4O4. The molecule has 1 aromatic heterocycles. The number of nitrogens with one attached hydrogen (secondary N) is 1. The van der Waals surface area contributed by atoms with E-state index >= 15 is 0 Å². The van der Waals surface area contributed by atoms with Crippen molar-refractivity contribution in [1.29, 1.82) is 0 Å². The number of halogens is 1. The van der Waals surface area contributed by atoms with Crippen molar-refractivity contribution in [3.8, 4) is 5.75 Å². The van der Waals surface area contributed by atoms with E-state index in [2.05, 4.69) is 10.4 Å². The molecular weight excluding hydrogens is 372 g/mol. The third-order valence-electron chi connectivity index (χ3n) is 3.80. The molecule has 0 aliphatic rings. The Balaban J connectivity index is 1.66. The van der Waals surface area contributed by atoms with Crippen molar-refractivity contribution in [1.82, 2.24) is 9.78 Å². The van der Waals surface area contributed by atoms with E-state index in [4.69, 9.17) is 16.3 Å².